The van der Waals surface area contributed by atoms with Crippen molar-refractivity contribution >= 4 is 28.7 Å². The van der Waals surface area contributed by atoms with Crippen LogP contribution in [0, 0.1) is 0 Å². The highest BCUT2D eigenvalue weighted by molar-refractivity contribution is 6.30. The van der Waals surface area contributed by atoms with Crippen LogP contribution >= 0.6 is 11.6 Å². The van der Waals surface area contributed by atoms with Crippen molar-refractivity contribution in [1.29, 1.82) is 0 Å². The van der Waals surface area contributed by atoms with Gasteiger partial charge in [-0.1, -0.05) is 30.7 Å². The maximum atomic E-state index is 13.4. The molecule has 1 fully saturated rings. The van der Waals surface area contributed by atoms with E-state index in [2.05, 4.69) is 4.90 Å². The molecule has 0 saturated carbocycles. The van der Waals surface area contributed by atoms with Gasteiger partial charge in [-0.05, 0) is 37.0 Å². The highest BCUT2D eigenvalue weighted by atomic mass is 35.5. The number of nitrogens with zero attached hydrogens (tertiary/aromatic N) is 5. The number of methoxy groups -OCH3 is 1. The summed E-state index contributed by atoms with van der Waals surface area (Å²) in [6.07, 6.45) is 2.82. The largest absolute Gasteiger partial charge is 0.381 e. The van der Waals surface area contributed by atoms with E-state index in [-0.39, 0.29) is 23.9 Å². The highest BCUT2D eigenvalue weighted by Crippen LogP contribution is 2.23. The maximum Gasteiger partial charge on any atom is 0.333 e. The molecule has 0 radical (unpaired) electrons. The van der Waals surface area contributed by atoms with Gasteiger partial charge >= 0.3 is 5.69 Å². The van der Waals surface area contributed by atoms with Crippen LogP contribution in [0.4, 0.5) is 5.95 Å². The standard InChI is InChI=1S/C22H28ClN5O3/c1-4-11-27-19-18(25(2)21(24-19)26-12-9-17(31-3)10-13-26)20(29)28(22(27)30)14-15-5-7-16(23)8-6-15/h5-8,17H,4,9-14H2,1-3H3. The fraction of sp³-hybridized carbons (Fsp3) is 0.500. The fourth-order valence-electron chi connectivity index (χ4n) is 4.26. The van der Waals surface area contributed by atoms with Gasteiger partial charge in [-0.2, -0.15) is 4.98 Å². The monoisotopic (exact) mass is 445 g/mol. The molecule has 1 aliphatic rings. The second-order valence-corrected chi connectivity index (χ2v) is 8.45. The van der Waals surface area contributed by atoms with Gasteiger partial charge in [0, 0.05) is 38.8 Å². The van der Waals surface area contributed by atoms with Crippen molar-refractivity contribution in [2.75, 3.05) is 25.1 Å². The Labute approximate surface area is 185 Å². The van der Waals surface area contributed by atoms with Gasteiger partial charge in [0.05, 0.1) is 12.6 Å². The average Bonchev–Trinajstić information content (AvgIpc) is 3.12. The smallest absolute Gasteiger partial charge is 0.333 e. The zero-order valence-electron chi connectivity index (χ0n) is 18.2. The van der Waals surface area contributed by atoms with Crippen LogP contribution in [0.25, 0.3) is 11.2 Å². The van der Waals surface area contributed by atoms with E-state index in [0.717, 1.165) is 43.9 Å². The van der Waals surface area contributed by atoms with Crippen LogP contribution in [0.15, 0.2) is 33.9 Å². The summed E-state index contributed by atoms with van der Waals surface area (Å²) >= 11 is 5.98. The molecular formula is C22H28ClN5O3. The fourth-order valence-corrected chi connectivity index (χ4v) is 4.39. The number of hydrogen-bond acceptors (Lipinski definition) is 5. The zero-order chi connectivity index (χ0) is 22.1. The van der Waals surface area contributed by atoms with Crippen LogP contribution in [0.5, 0.6) is 0 Å². The number of ether oxygens (including phenoxy) is 1. The molecule has 166 valence electrons. The summed E-state index contributed by atoms with van der Waals surface area (Å²) < 4.78 is 10.2. The van der Waals surface area contributed by atoms with E-state index in [1.54, 1.807) is 23.8 Å². The van der Waals surface area contributed by atoms with E-state index < -0.39 is 0 Å². The third-order valence-corrected chi connectivity index (χ3v) is 6.23. The van der Waals surface area contributed by atoms with Crippen LogP contribution in [-0.4, -0.2) is 45.0 Å². The molecule has 0 atom stereocenters. The summed E-state index contributed by atoms with van der Waals surface area (Å²) in [6, 6.07) is 7.18. The summed E-state index contributed by atoms with van der Waals surface area (Å²) in [5.41, 5.74) is 1.09. The number of aromatic nitrogens is 4. The second-order valence-electron chi connectivity index (χ2n) is 8.02. The van der Waals surface area contributed by atoms with Crippen LogP contribution in [0.3, 0.4) is 0 Å². The first kappa shape index (κ1) is 21.6. The molecule has 2 aromatic heterocycles. The first-order chi connectivity index (χ1) is 14.9. The third-order valence-electron chi connectivity index (χ3n) is 5.98. The quantitative estimate of drug-likeness (QED) is 0.583. The van der Waals surface area contributed by atoms with Gasteiger partial charge in [-0.3, -0.25) is 13.9 Å². The zero-order valence-corrected chi connectivity index (χ0v) is 18.9. The van der Waals surface area contributed by atoms with Crippen molar-refractivity contribution in [3.8, 4) is 0 Å². The summed E-state index contributed by atoms with van der Waals surface area (Å²) in [4.78, 5) is 33.6. The van der Waals surface area contributed by atoms with Gasteiger partial charge in [0.25, 0.3) is 5.56 Å². The molecular weight excluding hydrogens is 418 g/mol. The Morgan fingerprint density at radius 1 is 1.13 bits per heavy atom. The summed E-state index contributed by atoms with van der Waals surface area (Å²) in [5.74, 6) is 0.718. The number of halogens is 1. The highest BCUT2D eigenvalue weighted by Gasteiger charge is 2.26. The molecule has 3 heterocycles. The third kappa shape index (κ3) is 4.02. The van der Waals surface area contributed by atoms with Gasteiger partial charge in [-0.25, -0.2) is 4.79 Å². The number of rotatable bonds is 6. The van der Waals surface area contributed by atoms with E-state index in [9.17, 15) is 9.59 Å². The van der Waals surface area contributed by atoms with Crippen molar-refractivity contribution in [3.05, 3.63) is 55.7 Å². The molecule has 4 rings (SSSR count). The Hall–Kier alpha value is -2.58. The first-order valence-electron chi connectivity index (χ1n) is 10.7. The van der Waals surface area contributed by atoms with Crippen LogP contribution in [0.2, 0.25) is 5.02 Å². The van der Waals surface area contributed by atoms with Crippen LogP contribution < -0.4 is 16.1 Å². The Morgan fingerprint density at radius 3 is 2.42 bits per heavy atom. The van der Waals surface area contributed by atoms with Crippen LogP contribution in [-0.2, 0) is 24.9 Å². The van der Waals surface area contributed by atoms with Gasteiger partial charge in [0.2, 0.25) is 5.95 Å². The number of hydrogen-bond donors (Lipinski definition) is 0. The molecule has 0 bridgehead atoms. The lowest BCUT2D eigenvalue weighted by molar-refractivity contribution is 0.0816. The number of imidazole rings is 1. The molecule has 9 heteroatoms. The van der Waals surface area contributed by atoms with E-state index >= 15 is 0 Å². The van der Waals surface area contributed by atoms with E-state index in [4.69, 9.17) is 21.3 Å². The minimum absolute atomic E-state index is 0.189. The van der Waals surface area contributed by atoms with Crippen molar-refractivity contribution in [2.45, 2.75) is 45.4 Å². The first-order valence-corrected chi connectivity index (χ1v) is 11.0. The molecule has 0 aliphatic carbocycles. The molecule has 1 saturated heterocycles. The SMILES string of the molecule is CCCn1c(=O)n(Cc2ccc(Cl)cc2)c(=O)c2c1nc(N1CCC(OC)CC1)n2C. The Kier molecular flexibility index (Phi) is 6.20. The van der Waals surface area contributed by atoms with E-state index in [1.165, 1.54) is 4.57 Å². The molecule has 1 aliphatic heterocycles. The topological polar surface area (TPSA) is 74.3 Å². The molecule has 0 unspecified atom stereocenters. The summed E-state index contributed by atoms with van der Waals surface area (Å²) in [6.45, 7) is 4.29. The van der Waals surface area contributed by atoms with Gasteiger partial charge in [-0.15, -0.1) is 0 Å². The summed E-state index contributed by atoms with van der Waals surface area (Å²) in [7, 11) is 3.59. The Bertz CT molecular complexity index is 1190. The van der Waals surface area contributed by atoms with Gasteiger partial charge in [0.1, 0.15) is 0 Å². The summed E-state index contributed by atoms with van der Waals surface area (Å²) in [5, 5.41) is 0.614. The minimum Gasteiger partial charge on any atom is -0.381 e. The second kappa shape index (κ2) is 8.88. The van der Waals surface area contributed by atoms with Crippen LogP contribution in [0.1, 0.15) is 31.7 Å². The molecule has 3 aromatic rings. The predicted molar refractivity (Wildman–Crippen MR) is 122 cm³/mol. The lowest BCUT2D eigenvalue weighted by atomic mass is 10.1. The molecule has 8 nitrogen and oxygen atoms in total. The molecule has 0 amide bonds. The normalized spacial score (nSPS) is 15.2. The number of benzene rings is 1. The lowest BCUT2D eigenvalue weighted by Gasteiger charge is -2.31. The average molecular weight is 446 g/mol. The minimum atomic E-state index is -0.336. The molecule has 1 aromatic carbocycles. The number of aryl methyl sites for hydroxylation is 2. The van der Waals surface area contributed by atoms with Crippen molar-refractivity contribution in [3.63, 3.8) is 0 Å². The number of anilines is 1. The van der Waals surface area contributed by atoms with Gasteiger partial charge < -0.3 is 14.2 Å². The van der Waals surface area contributed by atoms with Crippen molar-refractivity contribution < 1.29 is 4.74 Å². The lowest BCUT2D eigenvalue weighted by Crippen LogP contribution is -2.41. The maximum absolute atomic E-state index is 13.4. The van der Waals surface area contributed by atoms with E-state index in [0.29, 0.717) is 22.7 Å². The Morgan fingerprint density at radius 2 is 1.81 bits per heavy atom. The number of fused-ring (bicyclic) bond motifs is 1. The molecule has 0 N–H and O–H groups in total. The Balaban J connectivity index is 1.83. The van der Waals surface area contributed by atoms with Crippen molar-refractivity contribution in [2.24, 2.45) is 7.05 Å². The number of piperidine rings is 1. The van der Waals surface area contributed by atoms with E-state index in [1.807, 2.05) is 30.7 Å². The molecule has 31 heavy (non-hydrogen) atoms. The molecule has 0 spiro atoms. The van der Waals surface area contributed by atoms with Gasteiger partial charge in [0.15, 0.2) is 11.2 Å². The predicted octanol–water partition coefficient (Wildman–Crippen LogP) is 2.62. The van der Waals surface area contributed by atoms with Crippen molar-refractivity contribution in [1.82, 2.24) is 18.7 Å².